The molecule has 27 heavy (non-hydrogen) atoms. The lowest BCUT2D eigenvalue weighted by atomic mass is 10.2. The maximum absolute atomic E-state index is 12.6. The number of aryl methyl sites for hydroxylation is 1. The smallest absolute Gasteiger partial charge is 0.277 e. The van der Waals surface area contributed by atoms with Crippen molar-refractivity contribution in [3.05, 3.63) is 52.3 Å². The number of Topliss-reactive ketones (excluding diaryl/α,β-unsaturated/α-hetero) is 1. The Hall–Kier alpha value is -2.09. The van der Waals surface area contributed by atoms with E-state index >= 15 is 0 Å². The van der Waals surface area contributed by atoms with Crippen molar-refractivity contribution in [2.24, 2.45) is 0 Å². The lowest BCUT2D eigenvalue weighted by molar-refractivity contribution is 0.102. The van der Waals surface area contributed by atoms with Crippen molar-refractivity contribution in [2.45, 2.75) is 25.6 Å². The van der Waals surface area contributed by atoms with Gasteiger partial charge in [0.1, 0.15) is 0 Å². The maximum Gasteiger partial charge on any atom is 0.277 e. The van der Waals surface area contributed by atoms with E-state index in [4.69, 9.17) is 20.8 Å². The van der Waals surface area contributed by atoms with Gasteiger partial charge in [-0.25, -0.2) is 0 Å². The third-order valence-electron chi connectivity index (χ3n) is 4.20. The van der Waals surface area contributed by atoms with Gasteiger partial charge < -0.3 is 13.7 Å². The van der Waals surface area contributed by atoms with E-state index in [0.717, 1.165) is 23.5 Å². The van der Waals surface area contributed by atoms with E-state index in [1.54, 1.807) is 19.2 Å². The maximum atomic E-state index is 12.6. The minimum atomic E-state index is 0.0271. The van der Waals surface area contributed by atoms with Gasteiger partial charge in [0.15, 0.2) is 5.78 Å². The molecule has 0 saturated heterocycles. The summed E-state index contributed by atoms with van der Waals surface area (Å²) < 4.78 is 12.9. The minimum absolute atomic E-state index is 0.0271. The van der Waals surface area contributed by atoms with Crippen LogP contribution in [-0.2, 0) is 11.3 Å². The van der Waals surface area contributed by atoms with E-state index in [9.17, 15) is 4.79 Å². The molecule has 0 aliphatic heterocycles. The topological polar surface area (TPSA) is 70.2 Å². The standard InChI is InChI=1S/C19H20ClN3O3S/c1-12-9-16(13(2)23(12)7-8-25-3)17(24)11-27-19-22-21-18(26-19)14-5-4-6-15(20)10-14/h4-6,9-10H,7-8,11H2,1-3H3. The molecule has 0 N–H and O–H groups in total. The van der Waals surface area contributed by atoms with E-state index < -0.39 is 0 Å². The quantitative estimate of drug-likeness (QED) is 0.408. The number of aromatic nitrogens is 3. The molecule has 0 aliphatic rings. The monoisotopic (exact) mass is 405 g/mol. The normalized spacial score (nSPS) is 11.1. The molecular weight excluding hydrogens is 386 g/mol. The van der Waals surface area contributed by atoms with Crippen molar-refractivity contribution in [2.75, 3.05) is 19.5 Å². The van der Waals surface area contributed by atoms with Gasteiger partial charge in [0, 0.05) is 41.2 Å². The molecule has 0 aliphatic carbocycles. The number of carbonyl (C=O) groups excluding carboxylic acids is 1. The molecule has 142 valence electrons. The number of ether oxygens (including phenoxy) is 1. The number of benzene rings is 1. The van der Waals surface area contributed by atoms with Gasteiger partial charge in [-0.1, -0.05) is 29.4 Å². The second-order valence-corrected chi connectivity index (χ2v) is 7.39. The van der Waals surface area contributed by atoms with Gasteiger partial charge >= 0.3 is 0 Å². The first kappa shape index (κ1) is 19.7. The summed E-state index contributed by atoms with van der Waals surface area (Å²) in [7, 11) is 1.67. The molecule has 0 amide bonds. The predicted molar refractivity (Wildman–Crippen MR) is 106 cm³/mol. The predicted octanol–water partition coefficient (Wildman–Crippen LogP) is 4.43. The zero-order valence-electron chi connectivity index (χ0n) is 15.4. The molecule has 0 atom stereocenters. The highest BCUT2D eigenvalue weighted by molar-refractivity contribution is 7.99. The highest BCUT2D eigenvalue weighted by Crippen LogP contribution is 2.26. The third kappa shape index (κ3) is 4.61. The number of methoxy groups -OCH3 is 1. The lowest BCUT2D eigenvalue weighted by Gasteiger charge is -2.08. The van der Waals surface area contributed by atoms with Gasteiger partial charge in [-0.15, -0.1) is 10.2 Å². The number of halogens is 1. The molecule has 0 bridgehead atoms. The Labute approximate surface area is 166 Å². The van der Waals surface area contributed by atoms with E-state index in [2.05, 4.69) is 14.8 Å². The average molecular weight is 406 g/mol. The molecule has 0 spiro atoms. The Bertz CT molecular complexity index is 952. The summed E-state index contributed by atoms with van der Waals surface area (Å²) in [6.07, 6.45) is 0. The van der Waals surface area contributed by atoms with Gasteiger partial charge in [-0.05, 0) is 38.1 Å². The highest BCUT2D eigenvalue weighted by Gasteiger charge is 2.17. The molecule has 8 heteroatoms. The van der Waals surface area contributed by atoms with Crippen LogP contribution in [0.15, 0.2) is 40.0 Å². The molecule has 0 fully saturated rings. The molecule has 0 saturated carbocycles. The van der Waals surface area contributed by atoms with Crippen LogP contribution in [0.3, 0.4) is 0 Å². The van der Waals surface area contributed by atoms with Gasteiger partial charge in [-0.3, -0.25) is 4.79 Å². The fourth-order valence-electron chi connectivity index (χ4n) is 2.82. The number of hydrogen-bond donors (Lipinski definition) is 0. The van der Waals surface area contributed by atoms with Crippen molar-refractivity contribution in [1.29, 1.82) is 0 Å². The highest BCUT2D eigenvalue weighted by atomic mass is 35.5. The van der Waals surface area contributed by atoms with Crippen LogP contribution < -0.4 is 0 Å². The summed E-state index contributed by atoms with van der Waals surface area (Å²) in [6, 6.07) is 9.10. The van der Waals surface area contributed by atoms with Crippen molar-refractivity contribution < 1.29 is 13.9 Å². The van der Waals surface area contributed by atoms with Crippen LogP contribution in [0.2, 0.25) is 5.02 Å². The molecule has 3 aromatic rings. The number of rotatable bonds is 8. The summed E-state index contributed by atoms with van der Waals surface area (Å²) in [5.74, 6) is 0.635. The first-order chi connectivity index (χ1) is 13.0. The Morgan fingerprint density at radius 1 is 1.30 bits per heavy atom. The largest absolute Gasteiger partial charge is 0.411 e. The minimum Gasteiger partial charge on any atom is -0.411 e. The molecular formula is C19H20ClN3O3S. The number of ketones is 1. The van der Waals surface area contributed by atoms with Crippen molar-refractivity contribution >= 4 is 29.1 Å². The molecule has 0 unspecified atom stereocenters. The van der Waals surface area contributed by atoms with Crippen molar-refractivity contribution in [3.8, 4) is 11.5 Å². The number of hydrogen-bond acceptors (Lipinski definition) is 6. The van der Waals surface area contributed by atoms with Crippen LogP contribution >= 0.6 is 23.4 Å². The third-order valence-corrected chi connectivity index (χ3v) is 5.25. The van der Waals surface area contributed by atoms with Crippen molar-refractivity contribution in [1.82, 2.24) is 14.8 Å². The number of carbonyl (C=O) groups is 1. The summed E-state index contributed by atoms with van der Waals surface area (Å²) in [5.41, 5.74) is 3.44. The zero-order valence-corrected chi connectivity index (χ0v) is 16.9. The van der Waals surface area contributed by atoms with Crippen LogP contribution in [0.1, 0.15) is 21.7 Å². The Morgan fingerprint density at radius 2 is 2.11 bits per heavy atom. The fourth-order valence-corrected chi connectivity index (χ4v) is 3.66. The zero-order chi connectivity index (χ0) is 19.4. The SMILES string of the molecule is COCCn1c(C)cc(C(=O)CSc2nnc(-c3cccc(Cl)c3)o2)c1C. The van der Waals surface area contributed by atoms with E-state index in [1.165, 1.54) is 11.8 Å². The van der Waals surface area contributed by atoms with Crippen molar-refractivity contribution in [3.63, 3.8) is 0 Å². The van der Waals surface area contributed by atoms with Crippen LogP contribution in [0.5, 0.6) is 0 Å². The Balaban J connectivity index is 1.66. The Morgan fingerprint density at radius 3 is 2.85 bits per heavy atom. The first-order valence-corrected chi connectivity index (χ1v) is 9.77. The van der Waals surface area contributed by atoms with Gasteiger partial charge in [-0.2, -0.15) is 0 Å². The summed E-state index contributed by atoms with van der Waals surface area (Å²) in [4.78, 5) is 12.6. The summed E-state index contributed by atoms with van der Waals surface area (Å²) in [5, 5.41) is 8.97. The average Bonchev–Trinajstić information content (AvgIpc) is 3.23. The second-order valence-electron chi connectivity index (χ2n) is 6.02. The van der Waals surface area contributed by atoms with Gasteiger partial charge in [0.05, 0.1) is 12.4 Å². The van der Waals surface area contributed by atoms with E-state index in [1.807, 2.05) is 32.0 Å². The first-order valence-electron chi connectivity index (χ1n) is 8.40. The second kappa shape index (κ2) is 8.73. The van der Waals surface area contributed by atoms with Gasteiger partial charge in [0.25, 0.3) is 5.22 Å². The molecule has 3 rings (SSSR count). The molecule has 2 aromatic heterocycles. The van der Waals surface area contributed by atoms with Crippen LogP contribution in [0.4, 0.5) is 0 Å². The number of nitrogens with zero attached hydrogens (tertiary/aromatic N) is 3. The molecule has 1 aromatic carbocycles. The van der Waals surface area contributed by atoms with Crippen LogP contribution in [0.25, 0.3) is 11.5 Å². The summed E-state index contributed by atoms with van der Waals surface area (Å²) >= 11 is 7.21. The summed E-state index contributed by atoms with van der Waals surface area (Å²) in [6.45, 7) is 5.26. The van der Waals surface area contributed by atoms with E-state index in [0.29, 0.717) is 28.3 Å². The van der Waals surface area contributed by atoms with Gasteiger partial charge in [0.2, 0.25) is 5.89 Å². The molecule has 2 heterocycles. The molecule has 0 radical (unpaired) electrons. The lowest BCUT2D eigenvalue weighted by Crippen LogP contribution is -2.09. The fraction of sp³-hybridized carbons (Fsp3) is 0.316. The van der Waals surface area contributed by atoms with Crippen LogP contribution in [-0.4, -0.2) is 40.0 Å². The number of thioether (sulfide) groups is 1. The van der Waals surface area contributed by atoms with Crippen LogP contribution in [0, 0.1) is 13.8 Å². The Kier molecular flexibility index (Phi) is 6.36. The molecule has 6 nitrogen and oxygen atoms in total. The van der Waals surface area contributed by atoms with E-state index in [-0.39, 0.29) is 11.5 Å².